The lowest BCUT2D eigenvalue weighted by molar-refractivity contribution is -0.123. The van der Waals surface area contributed by atoms with Crippen LogP contribution in [0.4, 0.5) is 0 Å². The molecule has 0 spiro atoms. The molecule has 0 aliphatic heterocycles. The van der Waals surface area contributed by atoms with E-state index in [1.54, 1.807) is 6.92 Å². The first-order valence-electron chi connectivity index (χ1n) is 4.21. The molecule has 72 valence electrons. The van der Waals surface area contributed by atoms with Crippen LogP contribution < -0.4 is 0 Å². The second-order valence-corrected chi connectivity index (χ2v) is 3.72. The quantitative estimate of drug-likeness (QED) is 0.615. The molecule has 0 bridgehead atoms. The second kappa shape index (κ2) is 4.58. The first-order chi connectivity index (χ1) is 5.37. The van der Waals surface area contributed by atoms with Crippen molar-refractivity contribution in [2.24, 2.45) is 0 Å². The maximum Gasteiger partial charge on any atom is 0.148 e. The summed E-state index contributed by atoms with van der Waals surface area (Å²) in [7, 11) is 7.85. The van der Waals surface area contributed by atoms with E-state index in [1.165, 1.54) is 0 Å². The SMILES string of the molecule is CC(=O)C(C(C)N(C)C)N(C)C. The lowest BCUT2D eigenvalue weighted by atomic mass is 10.0. The van der Waals surface area contributed by atoms with Crippen LogP contribution in [0.15, 0.2) is 0 Å². The zero-order valence-corrected chi connectivity index (χ0v) is 8.96. The van der Waals surface area contributed by atoms with Crippen molar-refractivity contribution in [1.29, 1.82) is 0 Å². The minimum atomic E-state index is -0.000000000000000444. The van der Waals surface area contributed by atoms with Crippen molar-refractivity contribution in [2.45, 2.75) is 25.9 Å². The van der Waals surface area contributed by atoms with Crippen molar-refractivity contribution in [3.63, 3.8) is 0 Å². The molecule has 0 amide bonds. The third kappa shape index (κ3) is 2.91. The summed E-state index contributed by atoms with van der Waals surface area (Å²) in [6.07, 6.45) is 0. The average Bonchev–Trinajstić information content (AvgIpc) is 1.85. The number of hydrogen-bond donors (Lipinski definition) is 0. The van der Waals surface area contributed by atoms with Crippen LogP contribution >= 0.6 is 0 Å². The van der Waals surface area contributed by atoms with Crippen molar-refractivity contribution in [3.8, 4) is 0 Å². The van der Waals surface area contributed by atoms with Gasteiger partial charge in [0, 0.05) is 6.04 Å². The molecule has 0 radical (unpaired) electrons. The zero-order valence-electron chi connectivity index (χ0n) is 8.96. The zero-order chi connectivity index (χ0) is 9.89. The smallest absolute Gasteiger partial charge is 0.148 e. The van der Waals surface area contributed by atoms with Crippen LogP contribution in [0.2, 0.25) is 0 Å². The van der Waals surface area contributed by atoms with Crippen molar-refractivity contribution < 1.29 is 4.79 Å². The minimum absolute atomic E-state index is 0.000000000000000444. The van der Waals surface area contributed by atoms with E-state index >= 15 is 0 Å². The van der Waals surface area contributed by atoms with Gasteiger partial charge in [0.15, 0.2) is 0 Å². The maximum atomic E-state index is 11.3. The van der Waals surface area contributed by atoms with E-state index in [0.29, 0.717) is 0 Å². The molecule has 0 N–H and O–H groups in total. The second-order valence-electron chi connectivity index (χ2n) is 3.72. The number of likely N-dealkylation sites (N-methyl/N-ethyl adjacent to an activating group) is 2. The van der Waals surface area contributed by atoms with Gasteiger partial charge in [-0.05, 0) is 42.0 Å². The molecule has 2 unspecified atom stereocenters. The predicted molar refractivity (Wildman–Crippen MR) is 51.3 cm³/mol. The van der Waals surface area contributed by atoms with Gasteiger partial charge in [0.05, 0.1) is 6.04 Å². The molecule has 0 aliphatic rings. The molecule has 0 aromatic heterocycles. The summed E-state index contributed by atoms with van der Waals surface area (Å²) in [5.41, 5.74) is 0. The Labute approximate surface area is 75.3 Å². The van der Waals surface area contributed by atoms with Gasteiger partial charge in [-0.1, -0.05) is 0 Å². The van der Waals surface area contributed by atoms with Crippen molar-refractivity contribution in [2.75, 3.05) is 28.2 Å². The van der Waals surface area contributed by atoms with Gasteiger partial charge >= 0.3 is 0 Å². The Balaban J connectivity index is 4.40. The molecule has 12 heavy (non-hydrogen) atoms. The van der Waals surface area contributed by atoms with E-state index in [0.717, 1.165) is 0 Å². The number of hydrogen-bond acceptors (Lipinski definition) is 3. The predicted octanol–water partition coefficient (Wildman–Crippen LogP) is 0.456. The highest BCUT2D eigenvalue weighted by Crippen LogP contribution is 2.06. The van der Waals surface area contributed by atoms with Crippen LogP contribution in [0, 0.1) is 0 Å². The molecule has 0 saturated carbocycles. The van der Waals surface area contributed by atoms with E-state index in [4.69, 9.17) is 0 Å². The van der Waals surface area contributed by atoms with Gasteiger partial charge in [-0.2, -0.15) is 0 Å². The van der Waals surface area contributed by atoms with Gasteiger partial charge in [-0.15, -0.1) is 0 Å². The maximum absolute atomic E-state index is 11.3. The monoisotopic (exact) mass is 172 g/mol. The molecule has 2 atom stereocenters. The number of Topliss-reactive ketones (excluding diaryl/α,β-unsaturated/α-hetero) is 1. The van der Waals surface area contributed by atoms with Crippen LogP contribution in [0.3, 0.4) is 0 Å². The fourth-order valence-corrected chi connectivity index (χ4v) is 1.42. The summed E-state index contributed by atoms with van der Waals surface area (Å²) < 4.78 is 0. The molecule has 3 heteroatoms. The van der Waals surface area contributed by atoms with Crippen molar-refractivity contribution in [3.05, 3.63) is 0 Å². The molecular weight excluding hydrogens is 152 g/mol. The first kappa shape index (κ1) is 11.6. The van der Waals surface area contributed by atoms with Gasteiger partial charge in [0.2, 0.25) is 0 Å². The van der Waals surface area contributed by atoms with Crippen LogP contribution in [0.1, 0.15) is 13.8 Å². The highest BCUT2D eigenvalue weighted by atomic mass is 16.1. The van der Waals surface area contributed by atoms with Gasteiger partial charge < -0.3 is 4.90 Å². The van der Waals surface area contributed by atoms with Gasteiger partial charge in [-0.3, -0.25) is 9.69 Å². The summed E-state index contributed by atoms with van der Waals surface area (Å²) in [5, 5.41) is 0. The van der Waals surface area contributed by atoms with E-state index in [-0.39, 0.29) is 17.9 Å². The van der Waals surface area contributed by atoms with Crippen molar-refractivity contribution >= 4 is 5.78 Å². The molecule has 0 rings (SSSR count). The molecule has 0 heterocycles. The van der Waals surface area contributed by atoms with Crippen LogP contribution in [0.5, 0.6) is 0 Å². The van der Waals surface area contributed by atoms with E-state index in [2.05, 4.69) is 11.8 Å². The van der Waals surface area contributed by atoms with Gasteiger partial charge in [0.1, 0.15) is 5.78 Å². The average molecular weight is 172 g/mol. The Kier molecular flexibility index (Phi) is 4.42. The molecule has 0 fully saturated rings. The van der Waals surface area contributed by atoms with Crippen LogP contribution in [0.25, 0.3) is 0 Å². The first-order valence-corrected chi connectivity index (χ1v) is 4.21. The molecule has 0 saturated heterocycles. The van der Waals surface area contributed by atoms with Crippen LogP contribution in [-0.2, 0) is 4.79 Å². The molecule has 0 aliphatic carbocycles. The van der Waals surface area contributed by atoms with Crippen molar-refractivity contribution in [1.82, 2.24) is 9.80 Å². The van der Waals surface area contributed by atoms with E-state index < -0.39 is 0 Å². The summed E-state index contributed by atoms with van der Waals surface area (Å²) in [5.74, 6) is 0.223. The Hall–Kier alpha value is -0.410. The third-order valence-corrected chi connectivity index (χ3v) is 2.24. The summed E-state index contributed by atoms with van der Waals surface area (Å²) in [6.45, 7) is 3.71. The number of carbonyl (C=O) groups is 1. The Morgan fingerprint density at radius 1 is 1.08 bits per heavy atom. The molecule has 3 nitrogen and oxygen atoms in total. The van der Waals surface area contributed by atoms with Gasteiger partial charge in [-0.25, -0.2) is 0 Å². The largest absolute Gasteiger partial charge is 0.305 e. The van der Waals surface area contributed by atoms with Gasteiger partial charge in [0.25, 0.3) is 0 Å². The molecule has 0 aromatic rings. The fourth-order valence-electron chi connectivity index (χ4n) is 1.42. The topological polar surface area (TPSA) is 23.6 Å². The summed E-state index contributed by atoms with van der Waals surface area (Å²) in [6, 6.07) is 0.262. The summed E-state index contributed by atoms with van der Waals surface area (Å²) >= 11 is 0. The minimum Gasteiger partial charge on any atom is -0.305 e. The Morgan fingerprint density at radius 3 is 1.58 bits per heavy atom. The fraction of sp³-hybridized carbons (Fsp3) is 0.889. The highest BCUT2D eigenvalue weighted by Gasteiger charge is 2.24. The standard InChI is InChI=1S/C9H20N2O/c1-7(10(3)4)9(8(2)12)11(5)6/h7,9H,1-6H3. The number of carbonyl (C=O) groups excluding carboxylic acids is 1. The molecule has 0 aromatic carbocycles. The number of ketones is 1. The molecular formula is C9H20N2O. The Morgan fingerprint density at radius 2 is 1.50 bits per heavy atom. The van der Waals surface area contributed by atoms with E-state index in [9.17, 15) is 4.79 Å². The number of nitrogens with zero attached hydrogens (tertiary/aromatic N) is 2. The third-order valence-electron chi connectivity index (χ3n) is 2.24. The highest BCUT2D eigenvalue weighted by molar-refractivity contribution is 5.82. The van der Waals surface area contributed by atoms with Crippen LogP contribution in [-0.4, -0.2) is 55.9 Å². The lowest BCUT2D eigenvalue weighted by Crippen LogP contribution is -2.49. The summed E-state index contributed by atoms with van der Waals surface area (Å²) in [4.78, 5) is 15.3. The Bertz CT molecular complexity index is 155. The lowest BCUT2D eigenvalue weighted by Gasteiger charge is -2.32. The number of rotatable bonds is 4. The normalized spacial score (nSPS) is 16.7. The van der Waals surface area contributed by atoms with E-state index in [1.807, 2.05) is 33.1 Å².